The van der Waals surface area contributed by atoms with Crippen molar-refractivity contribution in [2.24, 2.45) is 0 Å². The SMILES string of the molecule is Cc1ccc(F)cc1-c1nc2c(c(C(F)(F)F)n1)CNC2. The fourth-order valence-electron chi connectivity index (χ4n) is 2.36. The first-order valence-corrected chi connectivity index (χ1v) is 6.30. The maximum absolute atomic E-state index is 13.4. The largest absolute Gasteiger partial charge is 0.433 e. The molecule has 2 aromatic rings. The van der Waals surface area contributed by atoms with Gasteiger partial charge in [0.1, 0.15) is 5.82 Å². The normalized spacial score (nSPS) is 14.3. The molecule has 0 aliphatic carbocycles. The Morgan fingerprint density at radius 1 is 1.14 bits per heavy atom. The quantitative estimate of drug-likeness (QED) is 0.821. The van der Waals surface area contributed by atoms with Gasteiger partial charge in [-0.2, -0.15) is 13.2 Å². The van der Waals surface area contributed by atoms with Crippen LogP contribution in [0, 0.1) is 12.7 Å². The summed E-state index contributed by atoms with van der Waals surface area (Å²) in [5.74, 6) is -0.631. The fraction of sp³-hybridized carbons (Fsp3) is 0.286. The summed E-state index contributed by atoms with van der Waals surface area (Å²) in [7, 11) is 0. The van der Waals surface area contributed by atoms with E-state index >= 15 is 0 Å². The predicted octanol–water partition coefficient (Wildman–Crippen LogP) is 3.21. The molecule has 1 aromatic carbocycles. The highest BCUT2D eigenvalue weighted by Crippen LogP contribution is 2.35. The van der Waals surface area contributed by atoms with Crippen LogP contribution in [-0.4, -0.2) is 9.97 Å². The molecule has 7 heteroatoms. The van der Waals surface area contributed by atoms with Crippen molar-refractivity contribution in [3.63, 3.8) is 0 Å². The maximum Gasteiger partial charge on any atom is 0.433 e. The Labute approximate surface area is 118 Å². The van der Waals surface area contributed by atoms with Gasteiger partial charge >= 0.3 is 6.18 Å². The molecule has 21 heavy (non-hydrogen) atoms. The van der Waals surface area contributed by atoms with Crippen LogP contribution in [0.25, 0.3) is 11.4 Å². The molecule has 1 N–H and O–H groups in total. The molecule has 0 radical (unpaired) electrons. The van der Waals surface area contributed by atoms with Crippen molar-refractivity contribution in [2.45, 2.75) is 26.2 Å². The van der Waals surface area contributed by atoms with E-state index in [2.05, 4.69) is 15.3 Å². The molecule has 0 atom stereocenters. The van der Waals surface area contributed by atoms with Gasteiger partial charge in [0.05, 0.1) is 5.69 Å². The summed E-state index contributed by atoms with van der Waals surface area (Å²) >= 11 is 0. The second-order valence-electron chi connectivity index (χ2n) is 4.88. The van der Waals surface area contributed by atoms with Crippen molar-refractivity contribution in [1.29, 1.82) is 0 Å². The third-order valence-corrected chi connectivity index (χ3v) is 3.40. The van der Waals surface area contributed by atoms with E-state index in [9.17, 15) is 17.6 Å². The van der Waals surface area contributed by atoms with Gasteiger partial charge in [-0.05, 0) is 24.6 Å². The Balaban J connectivity index is 2.23. The molecule has 0 bridgehead atoms. The lowest BCUT2D eigenvalue weighted by molar-refractivity contribution is -0.141. The topological polar surface area (TPSA) is 37.8 Å². The third-order valence-electron chi connectivity index (χ3n) is 3.40. The van der Waals surface area contributed by atoms with Gasteiger partial charge in [-0.15, -0.1) is 0 Å². The first-order valence-electron chi connectivity index (χ1n) is 6.30. The Morgan fingerprint density at radius 3 is 2.62 bits per heavy atom. The maximum atomic E-state index is 13.4. The van der Waals surface area contributed by atoms with Gasteiger partial charge in [0.15, 0.2) is 11.5 Å². The van der Waals surface area contributed by atoms with Crippen LogP contribution < -0.4 is 5.32 Å². The average molecular weight is 297 g/mol. The van der Waals surface area contributed by atoms with E-state index in [4.69, 9.17) is 0 Å². The zero-order valence-electron chi connectivity index (χ0n) is 11.1. The van der Waals surface area contributed by atoms with E-state index in [0.717, 1.165) is 6.07 Å². The van der Waals surface area contributed by atoms with E-state index in [1.807, 2.05) is 0 Å². The fourth-order valence-corrected chi connectivity index (χ4v) is 2.36. The number of rotatable bonds is 1. The smallest absolute Gasteiger partial charge is 0.307 e. The zero-order chi connectivity index (χ0) is 15.2. The zero-order valence-corrected chi connectivity index (χ0v) is 11.1. The number of hydrogen-bond acceptors (Lipinski definition) is 3. The lowest BCUT2D eigenvalue weighted by Crippen LogP contribution is -2.14. The summed E-state index contributed by atoms with van der Waals surface area (Å²) in [5.41, 5.74) is 0.332. The van der Waals surface area contributed by atoms with Crippen molar-refractivity contribution in [2.75, 3.05) is 0 Å². The Kier molecular flexibility index (Phi) is 3.16. The second-order valence-corrected chi connectivity index (χ2v) is 4.88. The molecule has 0 saturated carbocycles. The Bertz CT molecular complexity index is 710. The minimum Gasteiger partial charge on any atom is -0.307 e. The van der Waals surface area contributed by atoms with Crippen LogP contribution in [-0.2, 0) is 19.3 Å². The highest BCUT2D eigenvalue weighted by molar-refractivity contribution is 5.61. The molecule has 0 amide bonds. The number of aryl methyl sites for hydroxylation is 1. The van der Waals surface area contributed by atoms with Crippen molar-refractivity contribution in [3.05, 3.63) is 46.5 Å². The molecule has 0 unspecified atom stereocenters. The highest BCUT2D eigenvalue weighted by Gasteiger charge is 2.38. The number of alkyl halides is 3. The van der Waals surface area contributed by atoms with Gasteiger partial charge in [0.2, 0.25) is 0 Å². The molecule has 0 spiro atoms. The van der Waals surface area contributed by atoms with E-state index in [1.165, 1.54) is 12.1 Å². The summed E-state index contributed by atoms with van der Waals surface area (Å²) in [6.45, 7) is 2.02. The number of benzene rings is 1. The Hall–Kier alpha value is -2.02. The summed E-state index contributed by atoms with van der Waals surface area (Å²) < 4.78 is 52.7. The van der Waals surface area contributed by atoms with E-state index in [-0.39, 0.29) is 30.0 Å². The minimum absolute atomic E-state index is 0.0697. The minimum atomic E-state index is -4.56. The number of halogens is 4. The van der Waals surface area contributed by atoms with Gasteiger partial charge in [-0.3, -0.25) is 0 Å². The first kappa shape index (κ1) is 13.9. The predicted molar refractivity (Wildman–Crippen MR) is 67.7 cm³/mol. The molecule has 1 aliphatic rings. The summed E-state index contributed by atoms with van der Waals surface area (Å²) in [5, 5.41) is 2.83. The molecule has 3 nitrogen and oxygen atoms in total. The summed E-state index contributed by atoms with van der Waals surface area (Å²) in [4.78, 5) is 7.80. The summed E-state index contributed by atoms with van der Waals surface area (Å²) in [6.07, 6.45) is -4.56. The number of nitrogens with one attached hydrogen (secondary N) is 1. The number of nitrogens with zero attached hydrogens (tertiary/aromatic N) is 2. The van der Waals surface area contributed by atoms with E-state index < -0.39 is 17.7 Å². The standard InChI is InChI=1S/C14H11F4N3/c1-7-2-3-8(15)4-9(7)13-20-11-6-19-5-10(11)12(21-13)14(16,17)18/h2-4,19H,5-6H2,1H3. The lowest BCUT2D eigenvalue weighted by Gasteiger charge is -2.13. The molecule has 110 valence electrons. The van der Waals surface area contributed by atoms with Gasteiger partial charge in [-0.25, -0.2) is 14.4 Å². The monoisotopic (exact) mass is 297 g/mol. The van der Waals surface area contributed by atoms with E-state index in [0.29, 0.717) is 11.3 Å². The molecule has 0 fully saturated rings. The molecular weight excluding hydrogens is 286 g/mol. The lowest BCUT2D eigenvalue weighted by atomic mass is 10.1. The van der Waals surface area contributed by atoms with Crippen LogP contribution in [0.1, 0.15) is 22.5 Å². The Morgan fingerprint density at radius 2 is 1.90 bits per heavy atom. The van der Waals surface area contributed by atoms with Crippen LogP contribution in [0.4, 0.5) is 17.6 Å². The van der Waals surface area contributed by atoms with Gasteiger partial charge in [0, 0.05) is 24.2 Å². The van der Waals surface area contributed by atoms with Crippen LogP contribution >= 0.6 is 0 Å². The van der Waals surface area contributed by atoms with Gasteiger partial charge in [0.25, 0.3) is 0 Å². The van der Waals surface area contributed by atoms with Crippen molar-refractivity contribution in [1.82, 2.24) is 15.3 Å². The van der Waals surface area contributed by atoms with E-state index in [1.54, 1.807) is 6.92 Å². The number of aromatic nitrogens is 2. The van der Waals surface area contributed by atoms with Crippen LogP contribution in [0.15, 0.2) is 18.2 Å². The molecule has 0 saturated heterocycles. The molecule has 2 heterocycles. The summed E-state index contributed by atoms with van der Waals surface area (Å²) in [6, 6.07) is 3.89. The van der Waals surface area contributed by atoms with Gasteiger partial charge in [-0.1, -0.05) is 6.07 Å². The van der Waals surface area contributed by atoms with Crippen LogP contribution in [0.2, 0.25) is 0 Å². The van der Waals surface area contributed by atoms with Crippen molar-refractivity contribution < 1.29 is 17.6 Å². The highest BCUT2D eigenvalue weighted by atomic mass is 19.4. The van der Waals surface area contributed by atoms with Crippen molar-refractivity contribution in [3.8, 4) is 11.4 Å². The van der Waals surface area contributed by atoms with Crippen LogP contribution in [0.3, 0.4) is 0 Å². The van der Waals surface area contributed by atoms with Crippen molar-refractivity contribution >= 4 is 0 Å². The third kappa shape index (κ3) is 2.49. The first-order chi connectivity index (χ1) is 9.86. The number of hydrogen-bond donors (Lipinski definition) is 1. The van der Waals surface area contributed by atoms with Gasteiger partial charge < -0.3 is 5.32 Å². The average Bonchev–Trinajstić information content (AvgIpc) is 2.87. The molecule has 1 aromatic heterocycles. The number of fused-ring (bicyclic) bond motifs is 1. The molecule has 3 rings (SSSR count). The second kappa shape index (κ2) is 4.77. The molecule has 1 aliphatic heterocycles. The molecular formula is C14H11F4N3. The van der Waals surface area contributed by atoms with Crippen LogP contribution in [0.5, 0.6) is 0 Å².